The Bertz CT molecular complexity index is 589. The lowest BCUT2D eigenvalue weighted by Crippen LogP contribution is -2.29. The first-order valence-corrected chi connectivity index (χ1v) is 7.09. The molecule has 3 heteroatoms. The van der Waals surface area contributed by atoms with Crippen molar-refractivity contribution in [2.75, 3.05) is 6.54 Å². The first-order valence-electron chi connectivity index (χ1n) is 7.09. The zero-order valence-corrected chi connectivity index (χ0v) is 12.1. The van der Waals surface area contributed by atoms with Crippen LogP contribution in [-0.4, -0.2) is 12.5 Å². The largest absolute Gasteiger partial charge is 0.350 e. The molecule has 2 rings (SSSR count). The van der Waals surface area contributed by atoms with Crippen LogP contribution >= 0.6 is 0 Å². The summed E-state index contributed by atoms with van der Waals surface area (Å²) in [5.74, 6) is 0.276. The third kappa shape index (κ3) is 3.36. The minimum absolute atomic E-state index is 0.00132. The number of hydrogen-bond donors (Lipinski definition) is 2. The Morgan fingerprint density at radius 3 is 2.60 bits per heavy atom. The molecule has 106 valence electrons. The van der Waals surface area contributed by atoms with E-state index in [1.807, 2.05) is 32.0 Å². The smallest absolute Gasteiger partial charge is 0.220 e. The summed E-state index contributed by atoms with van der Waals surface area (Å²) in [4.78, 5) is 12.0. The van der Waals surface area contributed by atoms with E-state index in [4.69, 9.17) is 5.73 Å². The lowest BCUT2D eigenvalue weighted by atomic mass is 9.99. The van der Waals surface area contributed by atoms with E-state index in [-0.39, 0.29) is 17.9 Å². The number of hydrogen-bond acceptors (Lipinski definition) is 2. The number of rotatable bonds is 5. The van der Waals surface area contributed by atoms with Gasteiger partial charge >= 0.3 is 0 Å². The lowest BCUT2D eigenvalue weighted by Gasteiger charge is -2.18. The van der Waals surface area contributed by atoms with Crippen LogP contribution in [0.1, 0.15) is 31.9 Å². The van der Waals surface area contributed by atoms with Gasteiger partial charge in [-0.2, -0.15) is 0 Å². The van der Waals surface area contributed by atoms with Gasteiger partial charge in [0.05, 0.1) is 6.04 Å². The predicted octanol–water partition coefficient (Wildman–Crippen LogP) is 3.00. The van der Waals surface area contributed by atoms with Crippen molar-refractivity contribution in [2.45, 2.75) is 26.3 Å². The molecule has 2 aromatic rings. The summed E-state index contributed by atoms with van der Waals surface area (Å²) >= 11 is 0. The lowest BCUT2D eigenvalue weighted by molar-refractivity contribution is -0.122. The molecule has 0 aliphatic heterocycles. The van der Waals surface area contributed by atoms with E-state index in [1.165, 1.54) is 10.8 Å². The highest BCUT2D eigenvalue weighted by Crippen LogP contribution is 2.24. The SMILES string of the molecule is CC(CN)CC(=O)NC(C)c1cccc2ccccc12. The van der Waals surface area contributed by atoms with Crippen LogP contribution in [0.4, 0.5) is 0 Å². The van der Waals surface area contributed by atoms with Crippen LogP contribution in [0.15, 0.2) is 42.5 Å². The summed E-state index contributed by atoms with van der Waals surface area (Å²) in [7, 11) is 0. The normalized spacial score (nSPS) is 13.9. The highest BCUT2D eigenvalue weighted by atomic mass is 16.1. The maximum absolute atomic E-state index is 12.0. The molecular formula is C17H22N2O. The minimum atomic E-state index is -0.00132. The Morgan fingerprint density at radius 1 is 1.15 bits per heavy atom. The summed E-state index contributed by atoms with van der Waals surface area (Å²) in [6, 6.07) is 14.4. The summed E-state index contributed by atoms with van der Waals surface area (Å²) in [5, 5.41) is 5.44. The zero-order chi connectivity index (χ0) is 14.5. The summed E-state index contributed by atoms with van der Waals surface area (Å²) < 4.78 is 0. The van der Waals surface area contributed by atoms with Gasteiger partial charge in [-0.3, -0.25) is 4.79 Å². The number of amides is 1. The molecule has 2 unspecified atom stereocenters. The van der Waals surface area contributed by atoms with Crippen LogP contribution < -0.4 is 11.1 Å². The molecular weight excluding hydrogens is 248 g/mol. The van der Waals surface area contributed by atoms with Crippen molar-refractivity contribution >= 4 is 16.7 Å². The van der Waals surface area contributed by atoms with Gasteiger partial charge in [-0.1, -0.05) is 49.4 Å². The fraction of sp³-hybridized carbons (Fsp3) is 0.353. The first-order chi connectivity index (χ1) is 9.61. The second kappa shape index (κ2) is 6.53. The molecule has 0 saturated carbocycles. The number of nitrogens with one attached hydrogen (secondary N) is 1. The standard InChI is InChI=1S/C17H22N2O/c1-12(11-18)10-17(20)19-13(2)15-9-5-7-14-6-3-4-8-16(14)15/h3-9,12-13H,10-11,18H2,1-2H3,(H,19,20). The van der Waals surface area contributed by atoms with Gasteiger partial charge in [0.15, 0.2) is 0 Å². The van der Waals surface area contributed by atoms with Crippen molar-refractivity contribution in [1.82, 2.24) is 5.32 Å². The number of benzene rings is 2. The van der Waals surface area contributed by atoms with Crippen LogP contribution in [0, 0.1) is 5.92 Å². The first kappa shape index (κ1) is 14.5. The molecule has 0 aromatic heterocycles. The molecule has 0 spiro atoms. The molecule has 0 aliphatic rings. The van der Waals surface area contributed by atoms with Crippen molar-refractivity contribution in [3.05, 3.63) is 48.0 Å². The fourth-order valence-electron chi connectivity index (χ4n) is 2.41. The van der Waals surface area contributed by atoms with Gasteiger partial charge < -0.3 is 11.1 Å². The van der Waals surface area contributed by atoms with Crippen LogP contribution in [0.25, 0.3) is 10.8 Å². The average Bonchev–Trinajstić information content (AvgIpc) is 2.46. The molecule has 0 heterocycles. The minimum Gasteiger partial charge on any atom is -0.350 e. The van der Waals surface area contributed by atoms with Crippen LogP contribution in [0.2, 0.25) is 0 Å². The molecule has 3 N–H and O–H groups in total. The number of carbonyl (C=O) groups is 1. The monoisotopic (exact) mass is 270 g/mol. The van der Waals surface area contributed by atoms with E-state index < -0.39 is 0 Å². The molecule has 1 amide bonds. The third-order valence-corrected chi connectivity index (χ3v) is 3.60. The van der Waals surface area contributed by atoms with Crippen LogP contribution in [0.5, 0.6) is 0 Å². The van der Waals surface area contributed by atoms with E-state index >= 15 is 0 Å². The Hall–Kier alpha value is -1.87. The summed E-state index contributed by atoms with van der Waals surface area (Å²) in [6.45, 7) is 4.55. The van der Waals surface area contributed by atoms with Crippen molar-refractivity contribution < 1.29 is 4.79 Å². The maximum Gasteiger partial charge on any atom is 0.220 e. The van der Waals surface area contributed by atoms with Gasteiger partial charge in [0.2, 0.25) is 5.91 Å². The Labute approximate surface area is 120 Å². The molecule has 2 atom stereocenters. The molecule has 3 nitrogen and oxygen atoms in total. The van der Waals surface area contributed by atoms with E-state index in [9.17, 15) is 4.79 Å². The van der Waals surface area contributed by atoms with Gasteiger partial charge in [0.25, 0.3) is 0 Å². The van der Waals surface area contributed by atoms with Gasteiger partial charge in [-0.05, 0) is 35.7 Å². The number of nitrogens with two attached hydrogens (primary N) is 1. The van der Waals surface area contributed by atoms with E-state index in [2.05, 4.69) is 29.6 Å². The third-order valence-electron chi connectivity index (χ3n) is 3.60. The van der Waals surface area contributed by atoms with Gasteiger partial charge in [0.1, 0.15) is 0 Å². The van der Waals surface area contributed by atoms with Crippen molar-refractivity contribution in [3.8, 4) is 0 Å². The second-order valence-corrected chi connectivity index (χ2v) is 5.40. The topological polar surface area (TPSA) is 55.1 Å². The van der Waals surface area contributed by atoms with E-state index in [0.717, 1.165) is 5.56 Å². The quantitative estimate of drug-likeness (QED) is 0.877. The predicted molar refractivity (Wildman–Crippen MR) is 83.3 cm³/mol. The number of fused-ring (bicyclic) bond motifs is 1. The zero-order valence-electron chi connectivity index (χ0n) is 12.1. The average molecular weight is 270 g/mol. The van der Waals surface area contributed by atoms with E-state index in [0.29, 0.717) is 13.0 Å². The summed E-state index contributed by atoms with van der Waals surface area (Å²) in [5.41, 5.74) is 6.71. The highest BCUT2D eigenvalue weighted by molar-refractivity contribution is 5.86. The molecule has 0 radical (unpaired) electrons. The van der Waals surface area contributed by atoms with E-state index in [1.54, 1.807) is 0 Å². The summed E-state index contributed by atoms with van der Waals surface area (Å²) in [6.07, 6.45) is 0.478. The van der Waals surface area contributed by atoms with Crippen molar-refractivity contribution in [1.29, 1.82) is 0 Å². The molecule has 0 bridgehead atoms. The second-order valence-electron chi connectivity index (χ2n) is 5.40. The molecule has 0 fully saturated rings. The Balaban J connectivity index is 2.15. The number of carbonyl (C=O) groups excluding carboxylic acids is 1. The molecule has 0 aliphatic carbocycles. The highest BCUT2D eigenvalue weighted by Gasteiger charge is 2.13. The van der Waals surface area contributed by atoms with Crippen LogP contribution in [0.3, 0.4) is 0 Å². The van der Waals surface area contributed by atoms with Gasteiger partial charge in [-0.15, -0.1) is 0 Å². The Morgan fingerprint density at radius 2 is 1.85 bits per heavy atom. The van der Waals surface area contributed by atoms with Crippen LogP contribution in [-0.2, 0) is 4.79 Å². The maximum atomic E-state index is 12.0. The Kier molecular flexibility index (Phi) is 4.74. The van der Waals surface area contributed by atoms with Crippen molar-refractivity contribution in [3.63, 3.8) is 0 Å². The fourth-order valence-corrected chi connectivity index (χ4v) is 2.41. The van der Waals surface area contributed by atoms with Crippen molar-refractivity contribution in [2.24, 2.45) is 11.7 Å². The molecule has 0 saturated heterocycles. The van der Waals surface area contributed by atoms with Gasteiger partial charge in [-0.25, -0.2) is 0 Å². The van der Waals surface area contributed by atoms with Gasteiger partial charge in [0, 0.05) is 6.42 Å². The molecule has 20 heavy (non-hydrogen) atoms. The molecule has 2 aromatic carbocycles.